The fraction of sp³-hybridized carbons (Fsp3) is 0.0435. The van der Waals surface area contributed by atoms with Crippen molar-refractivity contribution in [2.24, 2.45) is 0 Å². The molecule has 4 aromatic rings. The minimum Gasteiger partial charge on any atom is -0.545 e. The molecule has 3 aromatic carbocycles. The number of ketones is 1. The van der Waals surface area contributed by atoms with Crippen LogP contribution in [-0.4, -0.2) is 20.5 Å². The Hall–Kier alpha value is -2.64. The molecule has 0 fully saturated rings. The first-order chi connectivity index (χ1) is 14.1. The van der Waals surface area contributed by atoms with Gasteiger partial charge in [0.2, 0.25) is 0 Å². The Morgan fingerprint density at radius 3 is 2.10 bits per heavy atom. The number of allylic oxidation sites excluding steroid dienone is 1. The normalized spacial score (nSPS) is 11.5. The van der Waals surface area contributed by atoms with Crippen LogP contribution in [0, 0.1) is 0 Å². The molecule has 1 heterocycles. The van der Waals surface area contributed by atoms with E-state index in [0.717, 1.165) is 17.3 Å². The van der Waals surface area contributed by atoms with E-state index in [2.05, 4.69) is 8.75 Å². The minimum absolute atomic E-state index is 0. The minimum atomic E-state index is -1.40. The standard InChI is InChI=1S/C23H16N2O3S.Na/c26-22(16-9-5-2-6-10-16)18(13-15-7-3-1-4-8-15)21(23(27)28)17-11-12-19-20(14-17)25-29-24-19;/h1-12,14H,13H2,(H,27,28);/q;+1/p-1/b21-18+;. The summed E-state index contributed by atoms with van der Waals surface area (Å²) in [6.07, 6.45) is 0.172. The van der Waals surface area contributed by atoms with E-state index < -0.39 is 5.97 Å². The predicted molar refractivity (Wildman–Crippen MR) is 110 cm³/mol. The van der Waals surface area contributed by atoms with Crippen LogP contribution < -0.4 is 34.7 Å². The second kappa shape index (κ2) is 9.91. The van der Waals surface area contributed by atoms with E-state index in [1.807, 2.05) is 30.3 Å². The summed E-state index contributed by atoms with van der Waals surface area (Å²) < 4.78 is 8.32. The molecule has 30 heavy (non-hydrogen) atoms. The fourth-order valence-corrected chi connectivity index (χ4v) is 3.72. The number of Topliss-reactive ketones (excluding diaryl/α,β-unsaturated/α-hetero) is 1. The van der Waals surface area contributed by atoms with Gasteiger partial charge in [-0.1, -0.05) is 66.7 Å². The topological polar surface area (TPSA) is 83.0 Å². The average Bonchev–Trinajstić information content (AvgIpc) is 3.22. The largest absolute Gasteiger partial charge is 1.00 e. The maximum absolute atomic E-state index is 13.3. The van der Waals surface area contributed by atoms with Crippen LogP contribution in [0.5, 0.6) is 0 Å². The van der Waals surface area contributed by atoms with E-state index in [0.29, 0.717) is 22.2 Å². The van der Waals surface area contributed by atoms with Gasteiger partial charge in [0.05, 0.1) is 17.7 Å². The number of hydrogen-bond donors (Lipinski definition) is 0. The summed E-state index contributed by atoms with van der Waals surface area (Å²) in [7, 11) is 0. The van der Waals surface area contributed by atoms with E-state index >= 15 is 0 Å². The summed E-state index contributed by atoms with van der Waals surface area (Å²) in [4.78, 5) is 25.5. The van der Waals surface area contributed by atoms with Gasteiger partial charge in [0.1, 0.15) is 11.0 Å². The number of benzene rings is 3. The Morgan fingerprint density at radius 2 is 1.43 bits per heavy atom. The van der Waals surface area contributed by atoms with Crippen molar-refractivity contribution in [3.63, 3.8) is 0 Å². The quantitative estimate of drug-likeness (QED) is 0.254. The first kappa shape index (κ1) is 22.1. The van der Waals surface area contributed by atoms with Crippen molar-refractivity contribution >= 4 is 40.1 Å². The fourth-order valence-electron chi connectivity index (χ4n) is 3.20. The first-order valence-electron chi connectivity index (χ1n) is 8.94. The summed E-state index contributed by atoms with van der Waals surface area (Å²) in [5, 5.41) is 12.2. The van der Waals surface area contributed by atoms with Gasteiger partial charge in [-0.25, -0.2) is 0 Å². The Labute approximate surface area is 199 Å². The van der Waals surface area contributed by atoms with Crippen LogP contribution in [0.25, 0.3) is 16.6 Å². The van der Waals surface area contributed by atoms with Crippen molar-refractivity contribution in [2.75, 3.05) is 0 Å². The second-order valence-electron chi connectivity index (χ2n) is 6.47. The van der Waals surface area contributed by atoms with Crippen LogP contribution in [0.1, 0.15) is 21.5 Å². The van der Waals surface area contributed by atoms with E-state index in [1.54, 1.807) is 48.5 Å². The van der Waals surface area contributed by atoms with E-state index in [-0.39, 0.29) is 52.9 Å². The Balaban J connectivity index is 0.00000256. The number of carbonyl (C=O) groups is 2. The van der Waals surface area contributed by atoms with E-state index in [9.17, 15) is 14.7 Å². The molecule has 0 aliphatic carbocycles. The van der Waals surface area contributed by atoms with Crippen molar-refractivity contribution in [1.82, 2.24) is 8.75 Å². The molecule has 0 saturated heterocycles. The van der Waals surface area contributed by atoms with E-state index in [1.165, 1.54) is 0 Å². The number of aliphatic carboxylic acids is 1. The van der Waals surface area contributed by atoms with E-state index in [4.69, 9.17) is 0 Å². The van der Waals surface area contributed by atoms with Gasteiger partial charge in [-0.2, -0.15) is 8.75 Å². The molecular weight excluding hydrogens is 407 g/mol. The molecule has 142 valence electrons. The molecule has 0 aliphatic heterocycles. The Morgan fingerprint density at radius 1 is 0.800 bits per heavy atom. The van der Waals surface area contributed by atoms with Crippen LogP contribution in [0.15, 0.2) is 84.4 Å². The summed E-state index contributed by atoms with van der Waals surface area (Å²) >= 11 is 1.05. The van der Waals surface area contributed by atoms with Gasteiger partial charge in [0.25, 0.3) is 0 Å². The molecule has 0 aliphatic rings. The molecule has 0 amide bonds. The van der Waals surface area contributed by atoms with Gasteiger partial charge < -0.3 is 9.90 Å². The number of carboxylic acids is 1. The predicted octanol–water partition coefficient (Wildman–Crippen LogP) is 0.324. The molecule has 0 unspecified atom stereocenters. The zero-order valence-electron chi connectivity index (χ0n) is 16.2. The third kappa shape index (κ3) is 4.74. The summed E-state index contributed by atoms with van der Waals surface area (Å²) in [5.41, 5.74) is 2.94. The molecule has 0 radical (unpaired) electrons. The average molecular weight is 422 g/mol. The molecule has 0 atom stereocenters. The number of nitrogens with zero attached hydrogens (tertiary/aromatic N) is 2. The Bertz CT molecular complexity index is 1220. The van der Waals surface area contributed by atoms with Crippen molar-refractivity contribution < 1.29 is 44.3 Å². The van der Waals surface area contributed by atoms with Crippen LogP contribution in [0.4, 0.5) is 0 Å². The van der Waals surface area contributed by atoms with Crippen LogP contribution in [-0.2, 0) is 11.2 Å². The summed E-state index contributed by atoms with van der Waals surface area (Å²) in [5.74, 6) is -1.74. The first-order valence-corrected chi connectivity index (χ1v) is 9.67. The van der Waals surface area contributed by atoms with Crippen molar-refractivity contribution in [2.45, 2.75) is 6.42 Å². The number of fused-ring (bicyclic) bond motifs is 1. The second-order valence-corrected chi connectivity index (χ2v) is 6.99. The summed E-state index contributed by atoms with van der Waals surface area (Å²) in [6.45, 7) is 0. The molecule has 0 N–H and O–H groups in total. The van der Waals surface area contributed by atoms with Crippen LogP contribution >= 0.6 is 11.7 Å². The van der Waals surface area contributed by atoms with Gasteiger partial charge in [0, 0.05) is 23.1 Å². The molecule has 7 heteroatoms. The Kier molecular flexibility index (Phi) is 7.29. The van der Waals surface area contributed by atoms with Crippen molar-refractivity contribution in [3.05, 3.63) is 101 Å². The van der Waals surface area contributed by atoms with Gasteiger partial charge in [-0.3, -0.25) is 4.79 Å². The maximum atomic E-state index is 13.3. The zero-order valence-corrected chi connectivity index (χ0v) is 19.1. The smallest absolute Gasteiger partial charge is 0.545 e. The monoisotopic (exact) mass is 422 g/mol. The molecule has 0 saturated carbocycles. The number of carbonyl (C=O) groups excluding carboxylic acids is 2. The number of aromatic nitrogens is 2. The molecule has 1 aromatic heterocycles. The molecule has 0 bridgehead atoms. The number of carboxylic acid groups (broad SMARTS) is 1. The molecular formula is C23H15N2NaO3S. The van der Waals surface area contributed by atoms with Gasteiger partial charge in [-0.15, -0.1) is 0 Å². The number of rotatable bonds is 6. The summed E-state index contributed by atoms with van der Waals surface area (Å²) in [6, 6.07) is 22.9. The van der Waals surface area contributed by atoms with Gasteiger partial charge in [0.15, 0.2) is 5.78 Å². The molecule has 0 spiro atoms. The van der Waals surface area contributed by atoms with Crippen LogP contribution in [0.3, 0.4) is 0 Å². The van der Waals surface area contributed by atoms with Crippen molar-refractivity contribution in [1.29, 1.82) is 0 Å². The maximum Gasteiger partial charge on any atom is 1.00 e. The van der Waals surface area contributed by atoms with Crippen LogP contribution in [0.2, 0.25) is 0 Å². The molecule has 5 nitrogen and oxygen atoms in total. The number of hydrogen-bond acceptors (Lipinski definition) is 6. The van der Waals surface area contributed by atoms with Gasteiger partial charge in [-0.05, 0) is 23.3 Å². The third-order valence-corrected chi connectivity index (χ3v) is 5.14. The van der Waals surface area contributed by atoms with Gasteiger partial charge >= 0.3 is 29.6 Å². The van der Waals surface area contributed by atoms with Crippen molar-refractivity contribution in [3.8, 4) is 0 Å². The third-order valence-electron chi connectivity index (χ3n) is 4.58. The SMILES string of the molecule is O=C([O-])/C(=C(\Cc1ccccc1)C(=O)c1ccccc1)c1ccc2nsnc2c1.[Na+]. The zero-order chi connectivity index (χ0) is 20.2. The molecule has 4 rings (SSSR count).